The van der Waals surface area contributed by atoms with Crippen LogP contribution in [0.25, 0.3) is 0 Å². The molecule has 0 saturated heterocycles. The van der Waals surface area contributed by atoms with Crippen molar-refractivity contribution in [2.75, 3.05) is 12.4 Å². The van der Waals surface area contributed by atoms with Crippen LogP contribution in [0.2, 0.25) is 5.02 Å². The smallest absolute Gasteiger partial charge is 0.339 e. The molecule has 0 atom stereocenters. The zero-order valence-corrected chi connectivity index (χ0v) is 11.0. The fraction of sp³-hybridized carbons (Fsp3) is 0.273. The highest BCUT2D eigenvalue weighted by Gasteiger charge is 2.11. The van der Waals surface area contributed by atoms with Gasteiger partial charge in [0.15, 0.2) is 0 Å². The van der Waals surface area contributed by atoms with Crippen LogP contribution >= 0.6 is 27.5 Å². The number of methoxy groups -OCH3 is 1. The number of ketones is 1. The third-order valence-corrected chi connectivity index (χ3v) is 2.93. The molecule has 1 rings (SSSR count). The first kappa shape index (κ1) is 13.2. The van der Waals surface area contributed by atoms with Crippen molar-refractivity contribution in [2.45, 2.75) is 6.42 Å². The number of ether oxygens (including phenoxy) is 1. The molecule has 0 N–H and O–H groups in total. The maximum Gasteiger partial charge on any atom is 0.339 e. The van der Waals surface area contributed by atoms with Gasteiger partial charge in [0.25, 0.3) is 0 Å². The molecule has 5 heteroatoms. The summed E-state index contributed by atoms with van der Waals surface area (Å²) in [5.74, 6) is -0.426. The van der Waals surface area contributed by atoms with E-state index in [1.54, 1.807) is 18.2 Å². The molecular weight excluding hydrogens is 295 g/mol. The molecule has 86 valence electrons. The van der Waals surface area contributed by atoms with Crippen molar-refractivity contribution >= 4 is 39.3 Å². The van der Waals surface area contributed by atoms with Crippen molar-refractivity contribution in [3.8, 4) is 0 Å². The van der Waals surface area contributed by atoms with E-state index in [9.17, 15) is 9.59 Å². The van der Waals surface area contributed by atoms with Gasteiger partial charge in [-0.25, -0.2) is 4.79 Å². The summed E-state index contributed by atoms with van der Waals surface area (Å²) in [4.78, 5) is 22.4. The molecule has 0 aliphatic carbocycles. The summed E-state index contributed by atoms with van der Waals surface area (Å²) in [6, 6.07) is 4.86. The molecule has 16 heavy (non-hydrogen) atoms. The van der Waals surface area contributed by atoms with Gasteiger partial charge >= 0.3 is 5.97 Å². The van der Waals surface area contributed by atoms with Gasteiger partial charge in [0, 0.05) is 6.42 Å². The van der Waals surface area contributed by atoms with Crippen molar-refractivity contribution in [1.29, 1.82) is 0 Å². The third kappa shape index (κ3) is 3.32. The monoisotopic (exact) mass is 304 g/mol. The molecule has 0 amide bonds. The summed E-state index contributed by atoms with van der Waals surface area (Å²) in [6.07, 6.45) is 0.298. The van der Waals surface area contributed by atoms with Gasteiger partial charge in [0.2, 0.25) is 0 Å². The fourth-order valence-electron chi connectivity index (χ4n) is 1.22. The molecule has 0 aliphatic rings. The first-order valence-electron chi connectivity index (χ1n) is 4.53. The maximum absolute atomic E-state index is 11.2. The second-order valence-corrected chi connectivity index (χ2v) is 4.12. The predicted octanol–water partition coefficient (Wildman–Crippen LogP) is 2.63. The van der Waals surface area contributed by atoms with Gasteiger partial charge in [-0.15, -0.1) is 0 Å². The molecule has 0 spiro atoms. The van der Waals surface area contributed by atoms with E-state index in [0.717, 1.165) is 5.56 Å². The van der Waals surface area contributed by atoms with Gasteiger partial charge in [-0.2, -0.15) is 0 Å². The number of benzene rings is 1. The molecule has 1 aromatic rings. The number of hydrogen-bond acceptors (Lipinski definition) is 3. The van der Waals surface area contributed by atoms with E-state index in [1.807, 2.05) is 0 Å². The Morgan fingerprint density at radius 1 is 1.44 bits per heavy atom. The molecule has 0 aromatic heterocycles. The molecule has 0 saturated carbocycles. The van der Waals surface area contributed by atoms with Crippen molar-refractivity contribution < 1.29 is 14.3 Å². The maximum atomic E-state index is 11.2. The first-order chi connectivity index (χ1) is 7.58. The number of carbonyl (C=O) groups excluding carboxylic acids is 2. The number of alkyl halides is 1. The lowest BCUT2D eigenvalue weighted by Crippen LogP contribution is -2.06. The van der Waals surface area contributed by atoms with Gasteiger partial charge < -0.3 is 4.74 Å². The Morgan fingerprint density at radius 2 is 2.12 bits per heavy atom. The lowest BCUT2D eigenvalue weighted by molar-refractivity contribution is -0.115. The van der Waals surface area contributed by atoms with Crippen LogP contribution in [0.5, 0.6) is 0 Å². The van der Waals surface area contributed by atoms with E-state index in [2.05, 4.69) is 20.7 Å². The lowest BCUT2D eigenvalue weighted by atomic mass is 10.1. The number of esters is 1. The summed E-state index contributed by atoms with van der Waals surface area (Å²) >= 11 is 8.99. The Kier molecular flexibility index (Phi) is 4.96. The van der Waals surface area contributed by atoms with Gasteiger partial charge in [-0.1, -0.05) is 33.6 Å². The number of Topliss-reactive ketones (excluding diaryl/α,β-unsaturated/α-hetero) is 1. The van der Waals surface area contributed by atoms with Crippen molar-refractivity contribution in [3.63, 3.8) is 0 Å². The molecule has 0 heterocycles. The van der Waals surface area contributed by atoms with Crippen LogP contribution in [-0.4, -0.2) is 24.2 Å². The molecule has 0 bridgehead atoms. The molecule has 3 nitrogen and oxygen atoms in total. The Labute approximate surface area is 107 Å². The van der Waals surface area contributed by atoms with Gasteiger partial charge in [-0.05, 0) is 17.7 Å². The van der Waals surface area contributed by atoms with Gasteiger partial charge in [0.05, 0.1) is 23.0 Å². The van der Waals surface area contributed by atoms with E-state index in [4.69, 9.17) is 11.6 Å². The number of rotatable bonds is 4. The molecule has 0 unspecified atom stereocenters. The van der Waals surface area contributed by atoms with E-state index in [0.29, 0.717) is 22.3 Å². The van der Waals surface area contributed by atoms with Crippen LogP contribution in [0.15, 0.2) is 18.2 Å². The first-order valence-corrected chi connectivity index (χ1v) is 6.02. The van der Waals surface area contributed by atoms with Crippen LogP contribution in [0.4, 0.5) is 0 Å². The average molecular weight is 306 g/mol. The summed E-state index contributed by atoms with van der Waals surface area (Å²) in [5.41, 5.74) is 1.08. The van der Waals surface area contributed by atoms with Crippen molar-refractivity contribution in [3.05, 3.63) is 34.3 Å². The summed E-state index contributed by atoms with van der Waals surface area (Å²) in [7, 11) is 1.29. The summed E-state index contributed by atoms with van der Waals surface area (Å²) in [6.45, 7) is 0. The van der Waals surface area contributed by atoms with E-state index >= 15 is 0 Å². The average Bonchev–Trinajstić information content (AvgIpc) is 2.28. The van der Waals surface area contributed by atoms with Gasteiger partial charge in [0.1, 0.15) is 5.78 Å². The number of carbonyl (C=O) groups is 2. The highest BCUT2D eigenvalue weighted by atomic mass is 79.9. The zero-order chi connectivity index (χ0) is 12.1. The number of hydrogen-bond donors (Lipinski definition) is 0. The number of halogens is 2. The Bertz CT molecular complexity index is 418. The van der Waals surface area contributed by atoms with Crippen LogP contribution in [0, 0.1) is 0 Å². The molecule has 0 fully saturated rings. The van der Waals surface area contributed by atoms with Crippen LogP contribution in [-0.2, 0) is 16.0 Å². The van der Waals surface area contributed by atoms with Crippen LogP contribution in [0.1, 0.15) is 15.9 Å². The molecule has 0 aliphatic heterocycles. The fourth-order valence-corrected chi connectivity index (χ4v) is 1.70. The lowest BCUT2D eigenvalue weighted by Gasteiger charge is -2.04. The largest absolute Gasteiger partial charge is 0.465 e. The zero-order valence-electron chi connectivity index (χ0n) is 8.63. The topological polar surface area (TPSA) is 43.4 Å². The van der Waals surface area contributed by atoms with Crippen LogP contribution < -0.4 is 0 Å². The molecular formula is C11H10BrClO3. The Balaban J connectivity index is 2.91. The standard InChI is InChI=1S/C11H10BrClO3/c1-16-11(15)9-3-2-7(5-10(9)13)4-8(14)6-12/h2-3,5H,4,6H2,1H3. The van der Waals surface area contributed by atoms with Crippen molar-refractivity contribution in [2.24, 2.45) is 0 Å². The molecule has 1 aromatic carbocycles. The summed E-state index contributed by atoms with van der Waals surface area (Å²) in [5, 5.41) is 0.607. The van der Waals surface area contributed by atoms with E-state index in [1.165, 1.54) is 7.11 Å². The predicted molar refractivity (Wildman–Crippen MR) is 65.3 cm³/mol. The van der Waals surface area contributed by atoms with E-state index in [-0.39, 0.29) is 5.78 Å². The second-order valence-electron chi connectivity index (χ2n) is 3.15. The second kappa shape index (κ2) is 6.01. The summed E-state index contributed by atoms with van der Waals surface area (Å²) < 4.78 is 4.56. The Morgan fingerprint density at radius 3 is 2.62 bits per heavy atom. The van der Waals surface area contributed by atoms with Gasteiger partial charge in [-0.3, -0.25) is 4.79 Å². The highest BCUT2D eigenvalue weighted by Crippen LogP contribution is 2.19. The minimum absolute atomic E-state index is 0.0573. The SMILES string of the molecule is COC(=O)c1ccc(CC(=O)CBr)cc1Cl. The van der Waals surface area contributed by atoms with Crippen molar-refractivity contribution in [1.82, 2.24) is 0 Å². The normalized spacial score (nSPS) is 9.94. The highest BCUT2D eigenvalue weighted by molar-refractivity contribution is 9.09. The minimum atomic E-state index is -0.483. The van der Waals surface area contributed by atoms with E-state index < -0.39 is 5.97 Å². The van der Waals surface area contributed by atoms with Crippen LogP contribution in [0.3, 0.4) is 0 Å². The minimum Gasteiger partial charge on any atom is -0.465 e. The molecule has 0 radical (unpaired) electrons. The Hall–Kier alpha value is -0.870. The quantitative estimate of drug-likeness (QED) is 0.634. The third-order valence-electron chi connectivity index (χ3n) is 1.99.